The van der Waals surface area contributed by atoms with Gasteiger partial charge in [-0.25, -0.2) is 0 Å². The van der Waals surface area contributed by atoms with Crippen LogP contribution in [0.4, 0.5) is 0 Å². The fraction of sp³-hybridized carbons (Fsp3) is 0.367. The third-order valence-corrected chi connectivity index (χ3v) is 7.88. The maximum absolute atomic E-state index is 12.8. The number of piperidine rings is 1. The van der Waals surface area contributed by atoms with Crippen molar-refractivity contribution >= 4 is 21.8 Å². The Hall–Kier alpha value is -2.47. The van der Waals surface area contributed by atoms with Crippen molar-refractivity contribution in [2.24, 2.45) is 5.92 Å². The molecule has 5 rings (SSSR count). The van der Waals surface area contributed by atoms with Gasteiger partial charge in [0.15, 0.2) is 0 Å². The second-order valence-electron chi connectivity index (χ2n) is 9.94. The number of fused-ring (bicyclic) bond motifs is 1. The minimum atomic E-state index is 0.118. The van der Waals surface area contributed by atoms with Gasteiger partial charge in [-0.15, -0.1) is 0 Å². The lowest BCUT2D eigenvalue weighted by Gasteiger charge is -2.31. The molecule has 2 aliphatic rings. The van der Waals surface area contributed by atoms with Gasteiger partial charge in [0.1, 0.15) is 0 Å². The van der Waals surface area contributed by atoms with Gasteiger partial charge in [0, 0.05) is 43.1 Å². The molecule has 2 aliphatic heterocycles. The predicted molar refractivity (Wildman–Crippen MR) is 145 cm³/mol. The van der Waals surface area contributed by atoms with Gasteiger partial charge in [0.25, 0.3) is 0 Å². The molecule has 0 aromatic heterocycles. The summed E-state index contributed by atoms with van der Waals surface area (Å²) in [6.45, 7) is 6.57. The van der Waals surface area contributed by atoms with Crippen LogP contribution < -0.4 is 5.32 Å². The minimum Gasteiger partial charge on any atom is -0.352 e. The summed E-state index contributed by atoms with van der Waals surface area (Å²) in [5, 5.41) is 3.21. The van der Waals surface area contributed by atoms with E-state index < -0.39 is 0 Å². The molecule has 4 nitrogen and oxygen atoms in total. The van der Waals surface area contributed by atoms with Crippen LogP contribution in [0.25, 0.3) is 0 Å². The van der Waals surface area contributed by atoms with Crippen LogP contribution in [0.3, 0.4) is 0 Å². The normalized spacial score (nSPS) is 17.2. The Balaban J connectivity index is 1.07. The van der Waals surface area contributed by atoms with E-state index in [1.807, 2.05) is 0 Å². The van der Waals surface area contributed by atoms with Crippen LogP contribution in [0.1, 0.15) is 40.7 Å². The van der Waals surface area contributed by atoms with Gasteiger partial charge in [0.05, 0.1) is 0 Å². The molecule has 0 radical (unpaired) electrons. The lowest BCUT2D eigenvalue weighted by molar-refractivity contribution is -0.126. The van der Waals surface area contributed by atoms with Crippen molar-refractivity contribution < 1.29 is 4.79 Å². The number of nitrogens with one attached hydrogen (secondary N) is 1. The predicted octanol–water partition coefficient (Wildman–Crippen LogP) is 5.54. The highest BCUT2D eigenvalue weighted by molar-refractivity contribution is 9.10. The number of hydrogen-bond acceptors (Lipinski definition) is 3. The molecule has 1 saturated heterocycles. The van der Waals surface area contributed by atoms with Crippen molar-refractivity contribution in [3.63, 3.8) is 0 Å². The number of carbonyl (C=O) groups is 1. The molecule has 0 spiro atoms. The highest BCUT2D eigenvalue weighted by Gasteiger charge is 2.25. The van der Waals surface area contributed by atoms with E-state index in [2.05, 4.69) is 104 Å². The zero-order valence-corrected chi connectivity index (χ0v) is 21.8. The van der Waals surface area contributed by atoms with Crippen molar-refractivity contribution in [2.45, 2.75) is 45.4 Å². The fourth-order valence-electron chi connectivity index (χ4n) is 5.32. The highest BCUT2D eigenvalue weighted by Crippen LogP contribution is 2.22. The molecule has 35 heavy (non-hydrogen) atoms. The maximum atomic E-state index is 12.8. The maximum Gasteiger partial charge on any atom is 0.223 e. The number of carbonyl (C=O) groups excluding carboxylic acids is 1. The monoisotopic (exact) mass is 531 g/mol. The lowest BCUT2D eigenvalue weighted by Crippen LogP contribution is -2.40. The average Bonchev–Trinajstić information content (AvgIpc) is 2.89. The summed E-state index contributed by atoms with van der Waals surface area (Å²) in [5.74, 6) is 0.319. The first-order valence-corrected chi connectivity index (χ1v) is 13.5. The molecular weight excluding hydrogens is 498 g/mol. The summed E-state index contributed by atoms with van der Waals surface area (Å²) in [6.07, 6.45) is 2.98. The van der Waals surface area contributed by atoms with E-state index in [1.165, 1.54) is 27.8 Å². The van der Waals surface area contributed by atoms with E-state index in [-0.39, 0.29) is 11.8 Å². The number of nitrogens with zero attached hydrogens (tertiary/aromatic N) is 2. The van der Waals surface area contributed by atoms with Crippen LogP contribution in [-0.2, 0) is 37.4 Å². The van der Waals surface area contributed by atoms with Crippen LogP contribution in [0.15, 0.2) is 77.3 Å². The third kappa shape index (κ3) is 6.60. The van der Waals surface area contributed by atoms with Crippen molar-refractivity contribution in [1.29, 1.82) is 0 Å². The Labute approximate surface area is 217 Å². The summed E-state index contributed by atoms with van der Waals surface area (Å²) < 4.78 is 1.11. The molecular formula is C30H34BrN3O. The topological polar surface area (TPSA) is 35.6 Å². The Morgan fingerprint density at radius 3 is 2.31 bits per heavy atom. The molecule has 1 fully saturated rings. The molecule has 3 aromatic rings. The molecule has 0 saturated carbocycles. The van der Waals surface area contributed by atoms with E-state index >= 15 is 0 Å². The van der Waals surface area contributed by atoms with Crippen LogP contribution in [0.5, 0.6) is 0 Å². The molecule has 1 amide bonds. The smallest absolute Gasteiger partial charge is 0.223 e. The van der Waals surface area contributed by atoms with Gasteiger partial charge in [-0.3, -0.25) is 14.6 Å². The Morgan fingerprint density at radius 2 is 1.51 bits per heavy atom. The van der Waals surface area contributed by atoms with Crippen molar-refractivity contribution in [3.8, 4) is 0 Å². The number of benzene rings is 3. The molecule has 0 bridgehead atoms. The SMILES string of the molecule is O=C(NCc1cccc(CN2CCc3ccccc3C2)c1)C1CCN(Cc2ccc(Br)cc2)CC1. The first-order chi connectivity index (χ1) is 17.1. The minimum absolute atomic E-state index is 0.118. The summed E-state index contributed by atoms with van der Waals surface area (Å²) in [5.41, 5.74) is 6.76. The third-order valence-electron chi connectivity index (χ3n) is 7.35. The summed E-state index contributed by atoms with van der Waals surface area (Å²) in [7, 11) is 0. The molecule has 0 unspecified atom stereocenters. The Kier molecular flexibility index (Phi) is 7.97. The van der Waals surface area contributed by atoms with E-state index in [9.17, 15) is 4.79 Å². The van der Waals surface area contributed by atoms with Crippen LogP contribution in [-0.4, -0.2) is 35.3 Å². The summed E-state index contributed by atoms with van der Waals surface area (Å²) in [4.78, 5) is 17.8. The van der Waals surface area contributed by atoms with E-state index in [0.717, 1.165) is 63.0 Å². The zero-order chi connectivity index (χ0) is 24.0. The van der Waals surface area contributed by atoms with Gasteiger partial charge >= 0.3 is 0 Å². The zero-order valence-electron chi connectivity index (χ0n) is 20.3. The van der Waals surface area contributed by atoms with Crippen molar-refractivity contribution in [3.05, 3.63) is 105 Å². The molecule has 2 heterocycles. The van der Waals surface area contributed by atoms with Gasteiger partial charge in [0.2, 0.25) is 5.91 Å². The van der Waals surface area contributed by atoms with Crippen molar-refractivity contribution in [2.75, 3.05) is 19.6 Å². The molecule has 3 aromatic carbocycles. The van der Waals surface area contributed by atoms with Gasteiger partial charge < -0.3 is 5.32 Å². The van der Waals surface area contributed by atoms with Crippen LogP contribution >= 0.6 is 15.9 Å². The first-order valence-electron chi connectivity index (χ1n) is 12.7. The fourth-order valence-corrected chi connectivity index (χ4v) is 5.58. The summed E-state index contributed by atoms with van der Waals surface area (Å²) >= 11 is 3.50. The first kappa shape index (κ1) is 24.2. The Bertz CT molecular complexity index is 1140. The van der Waals surface area contributed by atoms with Crippen LogP contribution in [0, 0.1) is 5.92 Å². The van der Waals surface area contributed by atoms with Gasteiger partial charge in [-0.2, -0.15) is 0 Å². The van der Waals surface area contributed by atoms with Gasteiger partial charge in [-0.05, 0) is 72.3 Å². The standard InChI is InChI=1S/C30H34BrN3O/c31-29-10-8-23(9-11-29)20-33-15-13-27(14-16-33)30(35)32-19-24-4-3-5-25(18-24)21-34-17-12-26-6-1-2-7-28(26)22-34/h1-11,18,27H,12-17,19-22H2,(H,32,35). The number of hydrogen-bond donors (Lipinski definition) is 1. The molecule has 5 heteroatoms. The quantitative estimate of drug-likeness (QED) is 0.435. The second kappa shape index (κ2) is 11.5. The molecule has 1 N–H and O–H groups in total. The van der Waals surface area contributed by atoms with E-state index in [1.54, 1.807) is 0 Å². The number of amides is 1. The van der Waals surface area contributed by atoms with Crippen molar-refractivity contribution in [1.82, 2.24) is 15.1 Å². The largest absolute Gasteiger partial charge is 0.352 e. The number of likely N-dealkylation sites (tertiary alicyclic amines) is 1. The second-order valence-corrected chi connectivity index (χ2v) is 10.9. The molecule has 0 aliphatic carbocycles. The van der Waals surface area contributed by atoms with Crippen LogP contribution in [0.2, 0.25) is 0 Å². The molecule has 182 valence electrons. The van der Waals surface area contributed by atoms with Gasteiger partial charge in [-0.1, -0.05) is 76.6 Å². The number of rotatable bonds is 7. The lowest BCUT2D eigenvalue weighted by atomic mass is 9.95. The Morgan fingerprint density at radius 1 is 0.800 bits per heavy atom. The highest BCUT2D eigenvalue weighted by atomic mass is 79.9. The van der Waals surface area contributed by atoms with E-state index in [0.29, 0.717) is 6.54 Å². The molecule has 0 atom stereocenters. The van der Waals surface area contributed by atoms with E-state index in [4.69, 9.17) is 0 Å². The summed E-state index contributed by atoms with van der Waals surface area (Å²) in [6, 6.07) is 26.0. The average molecular weight is 533 g/mol. The number of halogens is 1.